The van der Waals surface area contributed by atoms with Gasteiger partial charge in [0.1, 0.15) is 0 Å². The minimum absolute atomic E-state index is 0.00333. The summed E-state index contributed by atoms with van der Waals surface area (Å²) in [4.78, 5) is 4.30. The lowest BCUT2D eigenvalue weighted by atomic mass is 10.1. The molecule has 0 aliphatic carbocycles. The van der Waals surface area contributed by atoms with Gasteiger partial charge in [0.05, 0.1) is 5.69 Å². The summed E-state index contributed by atoms with van der Waals surface area (Å²) in [7, 11) is 0. The van der Waals surface area contributed by atoms with Crippen LogP contribution in [-0.2, 0) is 0 Å². The van der Waals surface area contributed by atoms with Gasteiger partial charge in [-0.3, -0.25) is 0 Å². The molecule has 2 heterocycles. The summed E-state index contributed by atoms with van der Waals surface area (Å²) in [6, 6.07) is 1.95. The van der Waals surface area contributed by atoms with Crippen molar-refractivity contribution in [2.75, 3.05) is 0 Å². The SMILES string of the molecule is Cc1cc2ncc([C@@H](C)N)c(C)n2n1. The molecule has 2 rings (SSSR count). The number of rotatable bonds is 1. The predicted molar refractivity (Wildman–Crippen MR) is 55.1 cm³/mol. The Balaban J connectivity index is 2.74. The molecule has 0 aliphatic rings. The Bertz CT molecular complexity index is 470. The molecule has 2 aromatic heterocycles. The molecule has 14 heavy (non-hydrogen) atoms. The van der Waals surface area contributed by atoms with Crippen molar-refractivity contribution < 1.29 is 0 Å². The van der Waals surface area contributed by atoms with Gasteiger partial charge in [-0.1, -0.05) is 0 Å². The second-order valence-corrected chi connectivity index (χ2v) is 3.64. The van der Waals surface area contributed by atoms with E-state index in [1.54, 1.807) is 0 Å². The lowest BCUT2D eigenvalue weighted by Gasteiger charge is -2.09. The average molecular weight is 190 g/mol. The van der Waals surface area contributed by atoms with Crippen LogP contribution in [0, 0.1) is 13.8 Å². The van der Waals surface area contributed by atoms with E-state index in [1.807, 2.05) is 37.5 Å². The zero-order valence-electron chi connectivity index (χ0n) is 8.65. The maximum atomic E-state index is 5.83. The average Bonchev–Trinajstić information content (AvgIpc) is 2.46. The van der Waals surface area contributed by atoms with Crippen LogP contribution < -0.4 is 5.73 Å². The Morgan fingerprint density at radius 1 is 1.43 bits per heavy atom. The summed E-state index contributed by atoms with van der Waals surface area (Å²) in [5.41, 5.74) is 9.79. The first kappa shape index (κ1) is 9.15. The molecule has 0 unspecified atom stereocenters. The van der Waals surface area contributed by atoms with Gasteiger partial charge in [-0.15, -0.1) is 0 Å². The van der Waals surface area contributed by atoms with Gasteiger partial charge in [-0.25, -0.2) is 9.50 Å². The Morgan fingerprint density at radius 2 is 2.14 bits per heavy atom. The minimum Gasteiger partial charge on any atom is -0.324 e. The molecule has 4 nitrogen and oxygen atoms in total. The molecule has 0 aliphatic heterocycles. The fourth-order valence-electron chi connectivity index (χ4n) is 1.62. The number of aromatic nitrogens is 3. The highest BCUT2D eigenvalue weighted by molar-refractivity contribution is 5.42. The Labute approximate surface area is 82.8 Å². The van der Waals surface area contributed by atoms with Crippen LogP contribution in [0.1, 0.15) is 29.9 Å². The van der Waals surface area contributed by atoms with E-state index >= 15 is 0 Å². The highest BCUT2D eigenvalue weighted by Crippen LogP contribution is 2.15. The van der Waals surface area contributed by atoms with Gasteiger partial charge < -0.3 is 5.73 Å². The molecule has 0 spiro atoms. The molecular formula is C10H14N4. The zero-order valence-corrected chi connectivity index (χ0v) is 8.65. The third-order valence-electron chi connectivity index (χ3n) is 2.37. The van der Waals surface area contributed by atoms with Crippen molar-refractivity contribution in [1.29, 1.82) is 0 Å². The van der Waals surface area contributed by atoms with E-state index in [4.69, 9.17) is 5.73 Å². The van der Waals surface area contributed by atoms with Crippen LogP contribution in [0.25, 0.3) is 5.65 Å². The number of nitrogens with two attached hydrogens (primary N) is 1. The lowest BCUT2D eigenvalue weighted by molar-refractivity contribution is 0.762. The van der Waals surface area contributed by atoms with Crippen molar-refractivity contribution >= 4 is 5.65 Å². The molecule has 4 heteroatoms. The van der Waals surface area contributed by atoms with Crippen LogP contribution in [-0.4, -0.2) is 14.6 Å². The summed E-state index contributed by atoms with van der Waals surface area (Å²) in [5, 5.41) is 4.35. The van der Waals surface area contributed by atoms with Gasteiger partial charge in [-0.2, -0.15) is 5.10 Å². The van der Waals surface area contributed by atoms with E-state index in [-0.39, 0.29) is 6.04 Å². The second-order valence-electron chi connectivity index (χ2n) is 3.64. The molecule has 74 valence electrons. The monoisotopic (exact) mass is 190 g/mol. The molecule has 0 aromatic carbocycles. The third-order valence-corrected chi connectivity index (χ3v) is 2.37. The molecule has 1 atom stereocenters. The molecule has 0 saturated carbocycles. The molecule has 0 fully saturated rings. The molecule has 0 amide bonds. The summed E-state index contributed by atoms with van der Waals surface area (Å²) in [5.74, 6) is 0. The number of aryl methyl sites for hydroxylation is 2. The molecule has 0 radical (unpaired) electrons. The zero-order chi connectivity index (χ0) is 10.3. The van der Waals surface area contributed by atoms with E-state index < -0.39 is 0 Å². The Hall–Kier alpha value is -1.42. The predicted octanol–water partition coefficient (Wildman–Crippen LogP) is 1.37. The minimum atomic E-state index is -0.00333. The maximum absolute atomic E-state index is 5.83. The van der Waals surface area contributed by atoms with Crippen molar-refractivity contribution in [2.24, 2.45) is 5.73 Å². The summed E-state index contributed by atoms with van der Waals surface area (Å²) >= 11 is 0. The highest BCUT2D eigenvalue weighted by atomic mass is 15.3. The van der Waals surface area contributed by atoms with Crippen LogP contribution in [0.5, 0.6) is 0 Å². The quantitative estimate of drug-likeness (QED) is 0.738. The third kappa shape index (κ3) is 1.28. The van der Waals surface area contributed by atoms with Crippen molar-refractivity contribution in [2.45, 2.75) is 26.8 Å². The number of fused-ring (bicyclic) bond motifs is 1. The number of nitrogens with zero attached hydrogens (tertiary/aromatic N) is 3. The van der Waals surface area contributed by atoms with Crippen molar-refractivity contribution in [1.82, 2.24) is 14.6 Å². The van der Waals surface area contributed by atoms with Crippen molar-refractivity contribution in [3.05, 3.63) is 29.2 Å². The summed E-state index contributed by atoms with van der Waals surface area (Å²) in [6.45, 7) is 5.92. The topological polar surface area (TPSA) is 56.2 Å². The van der Waals surface area contributed by atoms with Gasteiger partial charge in [-0.05, 0) is 20.8 Å². The number of hydrogen-bond acceptors (Lipinski definition) is 3. The first-order valence-corrected chi connectivity index (χ1v) is 4.67. The van der Waals surface area contributed by atoms with Gasteiger partial charge in [0.15, 0.2) is 5.65 Å². The Morgan fingerprint density at radius 3 is 2.79 bits per heavy atom. The second kappa shape index (κ2) is 3.06. The Kier molecular flexibility index (Phi) is 2.00. The summed E-state index contributed by atoms with van der Waals surface area (Å²) in [6.07, 6.45) is 1.83. The molecule has 0 bridgehead atoms. The van der Waals surface area contributed by atoms with Gasteiger partial charge in [0.25, 0.3) is 0 Å². The smallest absolute Gasteiger partial charge is 0.155 e. The van der Waals surface area contributed by atoms with E-state index in [2.05, 4.69) is 10.1 Å². The highest BCUT2D eigenvalue weighted by Gasteiger charge is 2.09. The van der Waals surface area contributed by atoms with E-state index in [9.17, 15) is 0 Å². The van der Waals surface area contributed by atoms with E-state index in [0.717, 1.165) is 22.6 Å². The first-order chi connectivity index (χ1) is 6.59. The van der Waals surface area contributed by atoms with Crippen LogP contribution in [0.3, 0.4) is 0 Å². The maximum Gasteiger partial charge on any atom is 0.155 e. The van der Waals surface area contributed by atoms with E-state index in [1.165, 1.54) is 0 Å². The van der Waals surface area contributed by atoms with Gasteiger partial charge in [0.2, 0.25) is 0 Å². The number of hydrogen-bond donors (Lipinski definition) is 1. The van der Waals surface area contributed by atoms with Crippen LogP contribution >= 0.6 is 0 Å². The standard InChI is InChI=1S/C10H14N4/c1-6-4-10-12-5-9(7(2)11)8(3)14(10)13-6/h4-5,7H,11H2,1-3H3/t7-/m1/s1. The first-order valence-electron chi connectivity index (χ1n) is 4.67. The normalized spacial score (nSPS) is 13.4. The molecule has 2 aromatic rings. The lowest BCUT2D eigenvalue weighted by Crippen LogP contribution is -2.11. The molecule has 0 saturated heterocycles. The van der Waals surface area contributed by atoms with Crippen LogP contribution in [0.15, 0.2) is 12.3 Å². The van der Waals surface area contributed by atoms with Crippen LogP contribution in [0.2, 0.25) is 0 Å². The largest absolute Gasteiger partial charge is 0.324 e. The van der Waals surface area contributed by atoms with Crippen LogP contribution in [0.4, 0.5) is 0 Å². The fraction of sp³-hybridized carbons (Fsp3) is 0.400. The molecular weight excluding hydrogens is 176 g/mol. The molecule has 2 N–H and O–H groups in total. The fourth-order valence-corrected chi connectivity index (χ4v) is 1.62. The van der Waals surface area contributed by atoms with Gasteiger partial charge in [0, 0.05) is 29.6 Å². The van der Waals surface area contributed by atoms with Gasteiger partial charge >= 0.3 is 0 Å². The van der Waals surface area contributed by atoms with Crippen molar-refractivity contribution in [3.63, 3.8) is 0 Å². The van der Waals surface area contributed by atoms with E-state index in [0.29, 0.717) is 0 Å². The summed E-state index contributed by atoms with van der Waals surface area (Å²) < 4.78 is 1.84. The van der Waals surface area contributed by atoms with Crippen molar-refractivity contribution in [3.8, 4) is 0 Å².